The lowest BCUT2D eigenvalue weighted by molar-refractivity contribution is -0.122. The minimum absolute atomic E-state index is 0.0403. The molecule has 1 amide bonds. The van der Waals surface area contributed by atoms with E-state index in [-0.39, 0.29) is 11.9 Å². The number of amides is 1. The number of aryl methyl sites for hydroxylation is 1. The van der Waals surface area contributed by atoms with Crippen LogP contribution in [0.5, 0.6) is 0 Å². The second-order valence-electron chi connectivity index (χ2n) is 3.24. The molecule has 0 saturated carbocycles. The van der Waals surface area contributed by atoms with Crippen molar-refractivity contribution in [2.45, 2.75) is 26.4 Å². The summed E-state index contributed by atoms with van der Waals surface area (Å²) in [6, 6.07) is 3.98. The molecule has 1 aromatic rings. The molecule has 14 heavy (non-hydrogen) atoms. The fourth-order valence-corrected chi connectivity index (χ4v) is 1.87. The molecule has 78 valence electrons. The molecular weight excluding hydrogens is 196 g/mol. The Hall–Kier alpha value is -0.870. The van der Waals surface area contributed by atoms with Gasteiger partial charge in [-0.1, -0.05) is 0 Å². The highest BCUT2D eigenvalue weighted by molar-refractivity contribution is 7.11. The van der Waals surface area contributed by atoms with E-state index in [4.69, 9.17) is 0 Å². The third-order valence-electron chi connectivity index (χ3n) is 2.06. The maximum absolute atomic E-state index is 11.4. The molecule has 0 saturated heterocycles. The smallest absolute Gasteiger partial charge is 0.237 e. The Kier molecular flexibility index (Phi) is 4.10. The zero-order valence-corrected chi connectivity index (χ0v) is 9.57. The predicted octanol–water partition coefficient (Wildman–Crippen LogP) is 1.28. The Morgan fingerprint density at radius 2 is 2.29 bits per heavy atom. The fourth-order valence-electron chi connectivity index (χ4n) is 1.04. The molecule has 4 heteroatoms. The van der Waals surface area contributed by atoms with Crippen LogP contribution in [0.25, 0.3) is 0 Å². The third kappa shape index (κ3) is 3.12. The third-order valence-corrected chi connectivity index (χ3v) is 3.06. The number of hydrogen-bond donors (Lipinski definition) is 2. The van der Waals surface area contributed by atoms with E-state index >= 15 is 0 Å². The van der Waals surface area contributed by atoms with Crippen LogP contribution in [-0.4, -0.2) is 19.0 Å². The van der Waals surface area contributed by atoms with E-state index in [2.05, 4.69) is 23.6 Å². The van der Waals surface area contributed by atoms with Crippen LogP contribution in [-0.2, 0) is 11.3 Å². The van der Waals surface area contributed by atoms with Crippen molar-refractivity contribution in [1.82, 2.24) is 10.6 Å². The van der Waals surface area contributed by atoms with E-state index < -0.39 is 0 Å². The van der Waals surface area contributed by atoms with Crippen molar-refractivity contribution in [3.8, 4) is 0 Å². The standard InChI is InChI=1S/C10H16N2OS/c1-7-4-5-9(14-7)6-12-10(13)8(2)11-3/h4-5,8,11H,6H2,1-3H3,(H,12,13). The summed E-state index contributed by atoms with van der Waals surface area (Å²) in [6.07, 6.45) is 0. The first kappa shape index (κ1) is 11.2. The Morgan fingerprint density at radius 3 is 2.79 bits per heavy atom. The van der Waals surface area contributed by atoms with E-state index in [0.29, 0.717) is 6.54 Å². The molecule has 0 aliphatic heterocycles. The summed E-state index contributed by atoms with van der Waals surface area (Å²) in [7, 11) is 1.78. The lowest BCUT2D eigenvalue weighted by atomic mass is 10.3. The molecular formula is C10H16N2OS. The maximum atomic E-state index is 11.4. The van der Waals surface area contributed by atoms with Gasteiger partial charge in [0.2, 0.25) is 5.91 Å². The zero-order chi connectivity index (χ0) is 10.6. The normalized spacial score (nSPS) is 12.5. The van der Waals surface area contributed by atoms with E-state index in [9.17, 15) is 4.79 Å². The Balaban J connectivity index is 2.37. The van der Waals surface area contributed by atoms with Gasteiger partial charge in [0, 0.05) is 9.75 Å². The second-order valence-corrected chi connectivity index (χ2v) is 4.61. The van der Waals surface area contributed by atoms with Crippen LogP contribution in [0.4, 0.5) is 0 Å². The molecule has 0 aliphatic carbocycles. The molecule has 0 aliphatic rings. The van der Waals surface area contributed by atoms with Gasteiger partial charge in [0.1, 0.15) is 0 Å². The van der Waals surface area contributed by atoms with Crippen molar-refractivity contribution in [2.75, 3.05) is 7.05 Å². The quantitative estimate of drug-likeness (QED) is 0.789. The molecule has 0 fully saturated rings. The van der Waals surface area contributed by atoms with Gasteiger partial charge in [0.25, 0.3) is 0 Å². The molecule has 1 unspecified atom stereocenters. The van der Waals surface area contributed by atoms with Crippen LogP contribution in [0.1, 0.15) is 16.7 Å². The van der Waals surface area contributed by atoms with Gasteiger partial charge in [-0.25, -0.2) is 0 Å². The van der Waals surface area contributed by atoms with Crippen molar-refractivity contribution in [1.29, 1.82) is 0 Å². The Bertz CT molecular complexity index is 309. The molecule has 1 aromatic heterocycles. The highest BCUT2D eigenvalue weighted by Gasteiger charge is 2.09. The van der Waals surface area contributed by atoms with Crippen molar-refractivity contribution in [3.63, 3.8) is 0 Å². The van der Waals surface area contributed by atoms with Gasteiger partial charge < -0.3 is 10.6 Å². The average molecular weight is 212 g/mol. The van der Waals surface area contributed by atoms with Crippen LogP contribution in [0.3, 0.4) is 0 Å². The van der Waals surface area contributed by atoms with Crippen LogP contribution >= 0.6 is 11.3 Å². The first-order valence-corrected chi connectivity index (χ1v) is 5.45. The van der Waals surface area contributed by atoms with E-state index in [1.807, 2.05) is 13.0 Å². The van der Waals surface area contributed by atoms with Crippen LogP contribution < -0.4 is 10.6 Å². The minimum atomic E-state index is -0.129. The molecule has 0 aromatic carbocycles. The van der Waals surface area contributed by atoms with E-state index in [1.54, 1.807) is 18.4 Å². The van der Waals surface area contributed by atoms with Crippen LogP contribution in [0.15, 0.2) is 12.1 Å². The summed E-state index contributed by atoms with van der Waals surface area (Å²) >= 11 is 1.71. The summed E-state index contributed by atoms with van der Waals surface area (Å²) in [4.78, 5) is 13.9. The SMILES string of the molecule is CNC(C)C(=O)NCc1ccc(C)s1. The van der Waals surface area contributed by atoms with Crippen molar-refractivity contribution in [3.05, 3.63) is 21.9 Å². The van der Waals surface area contributed by atoms with Crippen molar-refractivity contribution >= 4 is 17.2 Å². The monoisotopic (exact) mass is 212 g/mol. The number of thiophene rings is 1. The molecule has 1 heterocycles. The molecule has 2 N–H and O–H groups in total. The Morgan fingerprint density at radius 1 is 1.57 bits per heavy atom. The number of carbonyl (C=O) groups excluding carboxylic acids is 1. The summed E-state index contributed by atoms with van der Waals surface area (Å²) in [5.74, 6) is 0.0403. The fraction of sp³-hybridized carbons (Fsp3) is 0.500. The largest absolute Gasteiger partial charge is 0.350 e. The summed E-state index contributed by atoms with van der Waals surface area (Å²) < 4.78 is 0. The first-order chi connectivity index (χ1) is 6.63. The zero-order valence-electron chi connectivity index (χ0n) is 8.76. The molecule has 0 bridgehead atoms. The number of likely N-dealkylation sites (N-methyl/N-ethyl adjacent to an activating group) is 1. The van der Waals surface area contributed by atoms with E-state index in [0.717, 1.165) is 0 Å². The minimum Gasteiger partial charge on any atom is -0.350 e. The van der Waals surface area contributed by atoms with Gasteiger partial charge in [-0.15, -0.1) is 11.3 Å². The maximum Gasteiger partial charge on any atom is 0.237 e. The molecule has 1 atom stereocenters. The second kappa shape index (κ2) is 5.12. The van der Waals surface area contributed by atoms with Crippen molar-refractivity contribution in [2.24, 2.45) is 0 Å². The summed E-state index contributed by atoms with van der Waals surface area (Å²) in [5, 5.41) is 5.77. The lowest BCUT2D eigenvalue weighted by Crippen LogP contribution is -2.39. The molecule has 0 spiro atoms. The van der Waals surface area contributed by atoms with Crippen molar-refractivity contribution < 1.29 is 4.79 Å². The summed E-state index contributed by atoms with van der Waals surface area (Å²) in [5.41, 5.74) is 0. The molecule has 3 nitrogen and oxygen atoms in total. The van der Waals surface area contributed by atoms with E-state index in [1.165, 1.54) is 9.75 Å². The van der Waals surface area contributed by atoms with Gasteiger partial charge in [-0.2, -0.15) is 0 Å². The average Bonchev–Trinajstić information content (AvgIpc) is 2.59. The van der Waals surface area contributed by atoms with Gasteiger partial charge in [-0.3, -0.25) is 4.79 Å². The van der Waals surface area contributed by atoms with Crippen LogP contribution in [0, 0.1) is 6.92 Å². The highest BCUT2D eigenvalue weighted by atomic mass is 32.1. The summed E-state index contributed by atoms with van der Waals surface area (Å²) in [6.45, 7) is 4.53. The highest BCUT2D eigenvalue weighted by Crippen LogP contribution is 2.14. The number of hydrogen-bond acceptors (Lipinski definition) is 3. The number of rotatable bonds is 4. The number of carbonyl (C=O) groups is 1. The predicted molar refractivity (Wildman–Crippen MR) is 59.4 cm³/mol. The van der Waals surface area contributed by atoms with Gasteiger partial charge in [0.15, 0.2) is 0 Å². The van der Waals surface area contributed by atoms with Crippen LogP contribution in [0.2, 0.25) is 0 Å². The topological polar surface area (TPSA) is 41.1 Å². The molecule has 0 radical (unpaired) electrons. The first-order valence-electron chi connectivity index (χ1n) is 4.63. The molecule has 1 rings (SSSR count). The van der Waals surface area contributed by atoms with Gasteiger partial charge in [-0.05, 0) is 33.0 Å². The lowest BCUT2D eigenvalue weighted by Gasteiger charge is -2.09. The number of nitrogens with one attached hydrogen (secondary N) is 2. The Labute approximate surface area is 88.5 Å². The van der Waals surface area contributed by atoms with Gasteiger partial charge >= 0.3 is 0 Å². The van der Waals surface area contributed by atoms with Gasteiger partial charge in [0.05, 0.1) is 12.6 Å².